The van der Waals surface area contributed by atoms with E-state index in [9.17, 15) is 5.26 Å². The van der Waals surface area contributed by atoms with Crippen LogP contribution >= 0.6 is 34.9 Å². The molecule has 0 aliphatic carbocycles. The molecule has 3 rings (SSSR count). The van der Waals surface area contributed by atoms with Crippen LogP contribution in [0.25, 0.3) is 22.0 Å². The van der Waals surface area contributed by atoms with Crippen molar-refractivity contribution in [1.29, 1.82) is 5.26 Å². The highest BCUT2D eigenvalue weighted by Gasteiger charge is 2.18. The highest BCUT2D eigenvalue weighted by Crippen LogP contribution is 2.35. The number of thioether (sulfide) groups is 2. The van der Waals surface area contributed by atoms with E-state index in [1.165, 1.54) is 12.8 Å². The third kappa shape index (κ3) is 4.29. The highest BCUT2D eigenvalue weighted by molar-refractivity contribution is 8.15. The second kappa shape index (κ2) is 9.21. The van der Waals surface area contributed by atoms with Crippen molar-refractivity contribution >= 4 is 34.9 Å². The number of hydrogen-bond donors (Lipinski definition) is 0. The minimum atomic E-state index is 0.606. The topological polar surface area (TPSA) is 67.4 Å². The van der Waals surface area contributed by atoms with Crippen LogP contribution in [0.1, 0.15) is 25.3 Å². The molecule has 134 valence electrons. The van der Waals surface area contributed by atoms with E-state index >= 15 is 0 Å². The fourth-order valence-electron chi connectivity index (χ4n) is 2.42. The van der Waals surface area contributed by atoms with Crippen molar-refractivity contribution in [2.75, 3.05) is 10.8 Å². The van der Waals surface area contributed by atoms with Crippen LogP contribution in [0.15, 0.2) is 35.2 Å². The van der Waals surface area contributed by atoms with Crippen LogP contribution < -0.4 is 0 Å². The molecule has 0 aromatic carbocycles. The molecule has 0 aliphatic heterocycles. The fourth-order valence-corrected chi connectivity index (χ4v) is 5.22. The molecule has 0 spiro atoms. The van der Waals surface area contributed by atoms with Crippen molar-refractivity contribution in [2.45, 2.75) is 24.8 Å². The van der Waals surface area contributed by atoms with E-state index in [0.717, 1.165) is 37.8 Å². The van der Waals surface area contributed by atoms with Gasteiger partial charge in [-0.1, -0.05) is 25.1 Å². The molecule has 0 aliphatic rings. The van der Waals surface area contributed by atoms with Gasteiger partial charge in [0.15, 0.2) is 0 Å². The summed E-state index contributed by atoms with van der Waals surface area (Å²) in [6, 6.07) is 4.30. The van der Waals surface area contributed by atoms with Crippen molar-refractivity contribution in [3.8, 4) is 28.0 Å². The third-order valence-corrected chi connectivity index (χ3v) is 6.84. The Labute approximate surface area is 165 Å². The molecule has 0 N–H and O–H groups in total. The first kappa shape index (κ1) is 19.0. The van der Waals surface area contributed by atoms with Gasteiger partial charge in [-0.25, -0.2) is 15.0 Å². The summed E-state index contributed by atoms with van der Waals surface area (Å²) in [5.41, 5.74) is 3.17. The molecule has 8 heteroatoms. The first-order chi connectivity index (χ1) is 12.7. The number of nitriles is 1. The van der Waals surface area contributed by atoms with Gasteiger partial charge in [0.2, 0.25) is 0 Å². The Morgan fingerprint density at radius 2 is 2.27 bits per heavy atom. The summed E-state index contributed by atoms with van der Waals surface area (Å²) in [4.78, 5) is 13.3. The first-order valence-electron chi connectivity index (χ1n) is 8.26. The Bertz CT molecular complexity index is 896. The summed E-state index contributed by atoms with van der Waals surface area (Å²) in [7, 11) is 1.93. The van der Waals surface area contributed by atoms with E-state index in [4.69, 9.17) is 4.98 Å². The Morgan fingerprint density at radius 1 is 1.38 bits per heavy atom. The maximum Gasteiger partial charge on any atom is 0.141 e. The van der Waals surface area contributed by atoms with Crippen molar-refractivity contribution in [3.63, 3.8) is 0 Å². The van der Waals surface area contributed by atoms with Crippen LogP contribution in [0.4, 0.5) is 0 Å². The van der Waals surface area contributed by atoms with Crippen LogP contribution in [0, 0.1) is 11.3 Å². The van der Waals surface area contributed by atoms with Crippen LogP contribution in [0.2, 0.25) is 0 Å². The minimum Gasteiger partial charge on any atom is -0.334 e. The third-order valence-electron chi connectivity index (χ3n) is 3.76. The second-order valence-corrected chi connectivity index (χ2v) is 8.93. The van der Waals surface area contributed by atoms with Crippen LogP contribution in [0.5, 0.6) is 0 Å². The molecule has 0 bridgehead atoms. The molecule has 0 fully saturated rings. The van der Waals surface area contributed by atoms with Crippen molar-refractivity contribution < 1.29 is 0 Å². The lowest BCUT2D eigenvalue weighted by Crippen LogP contribution is -1.98. The molecule has 3 aromatic heterocycles. The number of pyridine rings is 1. The average Bonchev–Trinajstić information content (AvgIpc) is 3.32. The molecular formula is C18H19N5S3. The maximum absolute atomic E-state index is 9.80. The SMILES string of the molecule is CCCCSCSc1nc(-c2nccs2)cc(-c2cncn2C)c1C#N. The molecule has 3 heterocycles. The largest absolute Gasteiger partial charge is 0.334 e. The van der Waals surface area contributed by atoms with Gasteiger partial charge in [-0.2, -0.15) is 17.0 Å². The molecule has 0 unspecified atom stereocenters. The zero-order valence-corrected chi connectivity index (χ0v) is 17.1. The molecule has 0 saturated carbocycles. The van der Waals surface area contributed by atoms with Gasteiger partial charge in [0.05, 0.1) is 23.8 Å². The molecule has 0 atom stereocenters. The van der Waals surface area contributed by atoms with E-state index < -0.39 is 0 Å². The minimum absolute atomic E-state index is 0.606. The summed E-state index contributed by atoms with van der Waals surface area (Å²) < 4.78 is 1.92. The van der Waals surface area contributed by atoms with Gasteiger partial charge in [-0.05, 0) is 18.2 Å². The summed E-state index contributed by atoms with van der Waals surface area (Å²) in [5.74, 6) is 1.13. The molecule has 0 saturated heterocycles. The zero-order valence-electron chi connectivity index (χ0n) is 14.7. The van der Waals surface area contributed by atoms with Gasteiger partial charge >= 0.3 is 0 Å². The van der Waals surface area contributed by atoms with Gasteiger partial charge in [-0.3, -0.25) is 0 Å². The van der Waals surface area contributed by atoms with Crippen molar-refractivity contribution in [1.82, 2.24) is 19.5 Å². The van der Waals surface area contributed by atoms with Crippen molar-refractivity contribution in [2.24, 2.45) is 7.05 Å². The summed E-state index contributed by atoms with van der Waals surface area (Å²) in [6.45, 7) is 2.20. The number of hydrogen-bond acceptors (Lipinski definition) is 7. The van der Waals surface area contributed by atoms with E-state index in [2.05, 4.69) is 23.0 Å². The van der Waals surface area contributed by atoms with Crippen molar-refractivity contribution in [3.05, 3.63) is 35.7 Å². The first-order valence-corrected chi connectivity index (χ1v) is 11.3. The monoisotopic (exact) mass is 401 g/mol. The fraction of sp³-hybridized carbons (Fsp3) is 0.333. The van der Waals surface area contributed by atoms with Gasteiger partial charge in [0.1, 0.15) is 21.8 Å². The smallest absolute Gasteiger partial charge is 0.141 e. The lowest BCUT2D eigenvalue weighted by atomic mass is 10.1. The Morgan fingerprint density at radius 3 is 2.92 bits per heavy atom. The van der Waals surface area contributed by atoms with Gasteiger partial charge in [-0.15, -0.1) is 11.3 Å². The van der Waals surface area contributed by atoms with E-state index in [-0.39, 0.29) is 0 Å². The summed E-state index contributed by atoms with van der Waals surface area (Å²) in [6.07, 6.45) is 7.71. The summed E-state index contributed by atoms with van der Waals surface area (Å²) >= 11 is 5.06. The van der Waals surface area contributed by atoms with Crippen LogP contribution in [0.3, 0.4) is 0 Å². The number of rotatable bonds is 8. The molecular weight excluding hydrogens is 382 g/mol. The van der Waals surface area contributed by atoms with Crippen LogP contribution in [-0.2, 0) is 7.05 Å². The predicted octanol–water partition coefficient (Wildman–Crippen LogP) is 5.06. The van der Waals surface area contributed by atoms with Crippen LogP contribution in [-0.4, -0.2) is 30.4 Å². The molecule has 3 aromatic rings. The second-order valence-electron chi connectivity index (χ2n) is 5.60. The predicted molar refractivity (Wildman–Crippen MR) is 110 cm³/mol. The highest BCUT2D eigenvalue weighted by atomic mass is 32.2. The van der Waals surface area contributed by atoms with E-state index in [1.54, 1.807) is 41.8 Å². The van der Waals surface area contributed by atoms with Gasteiger partial charge in [0, 0.05) is 29.3 Å². The maximum atomic E-state index is 9.80. The lowest BCUT2D eigenvalue weighted by molar-refractivity contribution is 0.897. The quantitative estimate of drug-likeness (QED) is 0.298. The Balaban J connectivity index is 2.00. The molecule has 0 radical (unpaired) electrons. The Hall–Kier alpha value is -1.82. The normalized spacial score (nSPS) is 10.8. The molecule has 5 nitrogen and oxygen atoms in total. The summed E-state index contributed by atoms with van der Waals surface area (Å²) in [5, 5.41) is 14.2. The number of thiazole rings is 1. The average molecular weight is 402 g/mol. The Kier molecular flexibility index (Phi) is 6.72. The number of aromatic nitrogens is 4. The molecule has 26 heavy (non-hydrogen) atoms. The van der Waals surface area contributed by atoms with E-state index in [1.807, 2.05) is 34.8 Å². The zero-order chi connectivity index (χ0) is 18.4. The lowest BCUT2D eigenvalue weighted by Gasteiger charge is -2.11. The van der Waals surface area contributed by atoms with E-state index in [0.29, 0.717) is 5.56 Å². The standard InChI is InChI=1S/C18H19N5S3/c1-3-4-6-24-12-26-17-14(9-19)13(16-10-20-11-23(16)2)8-15(22-17)18-21-5-7-25-18/h5,7-8,10-11H,3-4,6,12H2,1-2H3. The van der Waals surface area contributed by atoms with Gasteiger partial charge in [0.25, 0.3) is 0 Å². The number of aryl methyl sites for hydroxylation is 1. The number of nitrogens with zero attached hydrogens (tertiary/aromatic N) is 5. The number of imidazole rings is 1. The molecule has 0 amide bonds. The number of unbranched alkanes of at least 4 members (excludes halogenated alkanes) is 1. The van der Waals surface area contributed by atoms with Gasteiger partial charge < -0.3 is 4.57 Å².